The first-order chi connectivity index (χ1) is 18.8. The molecule has 1 atom stereocenters. The molecule has 4 rings (SSSR count). The molecule has 9 nitrogen and oxygen atoms in total. The Morgan fingerprint density at radius 3 is 2.59 bits per heavy atom. The minimum atomic E-state index is -0.784. The van der Waals surface area contributed by atoms with E-state index in [1.54, 1.807) is 44.4 Å². The molecule has 39 heavy (non-hydrogen) atoms. The van der Waals surface area contributed by atoms with E-state index < -0.39 is 12.0 Å². The van der Waals surface area contributed by atoms with Crippen LogP contribution in [0.25, 0.3) is 6.08 Å². The molecule has 0 saturated heterocycles. The lowest BCUT2D eigenvalue weighted by Crippen LogP contribution is -2.39. The average molecular weight is 553 g/mol. The third-order valence-electron chi connectivity index (χ3n) is 6.27. The number of nitrogens with zero attached hydrogens (tertiary/aromatic N) is 2. The first-order valence-electron chi connectivity index (χ1n) is 12.7. The van der Waals surface area contributed by atoms with E-state index in [9.17, 15) is 14.7 Å². The van der Waals surface area contributed by atoms with Crippen LogP contribution in [0.1, 0.15) is 50.8 Å². The lowest BCUT2D eigenvalue weighted by Gasteiger charge is -2.25. The second-order valence-corrected chi connectivity index (χ2v) is 9.85. The van der Waals surface area contributed by atoms with Gasteiger partial charge in [-0.05, 0) is 61.7 Å². The number of esters is 1. The lowest BCUT2D eigenvalue weighted by atomic mass is 9.95. The number of aromatic hydroxyl groups is 1. The minimum absolute atomic E-state index is 0.0184. The van der Waals surface area contributed by atoms with Crippen molar-refractivity contribution >= 4 is 23.4 Å². The highest BCUT2D eigenvalue weighted by Gasteiger charge is 2.33. The summed E-state index contributed by atoms with van der Waals surface area (Å²) in [4.78, 5) is 31.8. The normalized spacial score (nSPS) is 15.0. The second kappa shape index (κ2) is 12.2. The molecule has 0 radical (unpaired) electrons. The molecule has 3 aromatic rings. The van der Waals surface area contributed by atoms with Crippen LogP contribution in [0.4, 0.5) is 0 Å². The highest BCUT2D eigenvalue weighted by atomic mass is 32.1. The molecule has 1 unspecified atom stereocenters. The van der Waals surface area contributed by atoms with Gasteiger partial charge in [0.15, 0.2) is 27.8 Å². The number of allylic oxidation sites excluding steroid dienone is 1. The molecule has 2 aromatic carbocycles. The van der Waals surface area contributed by atoms with Crippen molar-refractivity contribution in [1.82, 2.24) is 4.57 Å². The smallest absolute Gasteiger partial charge is 0.338 e. The maximum absolute atomic E-state index is 13.8. The van der Waals surface area contributed by atoms with Crippen LogP contribution in [0, 0.1) is 0 Å². The zero-order valence-electron chi connectivity index (χ0n) is 22.6. The summed E-state index contributed by atoms with van der Waals surface area (Å²) < 4.78 is 24.0. The first kappa shape index (κ1) is 28.0. The number of hydrogen-bond donors (Lipinski definition) is 1. The van der Waals surface area contributed by atoms with Crippen LogP contribution in [0.2, 0.25) is 0 Å². The average Bonchev–Trinajstić information content (AvgIpc) is 3.23. The number of unbranched alkanes of at least 4 members (excludes halogenated alkanes) is 1. The zero-order valence-corrected chi connectivity index (χ0v) is 23.5. The van der Waals surface area contributed by atoms with E-state index >= 15 is 0 Å². The molecule has 1 N–H and O–H groups in total. The number of rotatable bonds is 10. The number of phenols is 1. The fraction of sp³-hybridized carbons (Fsp3) is 0.345. The molecule has 0 aliphatic carbocycles. The highest BCUT2D eigenvalue weighted by Crippen LogP contribution is 2.36. The van der Waals surface area contributed by atoms with Gasteiger partial charge in [-0.1, -0.05) is 36.8 Å². The van der Waals surface area contributed by atoms with Crippen molar-refractivity contribution in [3.05, 3.63) is 78.5 Å². The number of carbonyl (C=O) groups excluding carboxylic acids is 1. The highest BCUT2D eigenvalue weighted by molar-refractivity contribution is 7.07. The number of hydrogen-bond acceptors (Lipinski definition) is 9. The second-order valence-electron chi connectivity index (χ2n) is 8.85. The molecule has 10 heteroatoms. The van der Waals surface area contributed by atoms with Crippen LogP contribution < -0.4 is 29.1 Å². The van der Waals surface area contributed by atoms with Gasteiger partial charge >= 0.3 is 5.97 Å². The summed E-state index contributed by atoms with van der Waals surface area (Å²) in [5.41, 5.74) is 1.75. The number of ether oxygens (including phenoxy) is 4. The molecule has 0 fully saturated rings. The maximum atomic E-state index is 13.8. The molecule has 0 bridgehead atoms. The zero-order chi connectivity index (χ0) is 28.1. The van der Waals surface area contributed by atoms with Gasteiger partial charge in [0.1, 0.15) is 0 Å². The van der Waals surface area contributed by atoms with Gasteiger partial charge in [-0.25, -0.2) is 9.79 Å². The van der Waals surface area contributed by atoms with Crippen molar-refractivity contribution in [2.45, 2.75) is 39.7 Å². The Hall–Kier alpha value is -4.05. The van der Waals surface area contributed by atoms with Crippen LogP contribution in [-0.2, 0) is 9.53 Å². The van der Waals surface area contributed by atoms with Crippen molar-refractivity contribution in [2.24, 2.45) is 4.99 Å². The van der Waals surface area contributed by atoms with Crippen molar-refractivity contribution in [2.75, 3.05) is 27.4 Å². The molecule has 0 amide bonds. The van der Waals surface area contributed by atoms with Gasteiger partial charge in [-0.3, -0.25) is 9.36 Å². The molecule has 1 aromatic heterocycles. The quantitative estimate of drug-likeness (QED) is 0.302. The standard InChI is InChI=1S/C29H32N2O7S/c1-6-8-13-38-21-12-10-19(16-23(21)35-4)26-25(28(34)36-5)17(3)30-29-31(26)27(33)24(39-29)15-18-9-11-20(32)22(14-18)37-7-2/h9-12,14-16,26,32H,6-8,13H2,1-5H3/b24-15-. The molecule has 1 aliphatic rings. The monoisotopic (exact) mass is 552 g/mol. The van der Waals surface area contributed by atoms with E-state index in [2.05, 4.69) is 11.9 Å². The molecule has 2 heterocycles. The predicted octanol–water partition coefficient (Wildman–Crippen LogP) is 3.70. The summed E-state index contributed by atoms with van der Waals surface area (Å²) in [7, 11) is 2.85. The number of methoxy groups -OCH3 is 2. The summed E-state index contributed by atoms with van der Waals surface area (Å²) >= 11 is 1.21. The molecule has 206 valence electrons. The number of thiazole rings is 1. The van der Waals surface area contributed by atoms with Crippen LogP contribution in [0.3, 0.4) is 0 Å². The maximum Gasteiger partial charge on any atom is 0.338 e. The van der Waals surface area contributed by atoms with Crippen molar-refractivity contribution in [3.63, 3.8) is 0 Å². The number of benzene rings is 2. The van der Waals surface area contributed by atoms with Gasteiger partial charge in [-0.2, -0.15) is 0 Å². The third-order valence-corrected chi connectivity index (χ3v) is 7.25. The molecule has 0 saturated carbocycles. The summed E-state index contributed by atoms with van der Waals surface area (Å²) in [6, 6.07) is 9.49. The predicted molar refractivity (Wildman–Crippen MR) is 148 cm³/mol. The molecular weight excluding hydrogens is 520 g/mol. The van der Waals surface area contributed by atoms with Crippen LogP contribution in [-0.4, -0.2) is 43.1 Å². The van der Waals surface area contributed by atoms with Gasteiger partial charge in [0, 0.05) is 0 Å². The van der Waals surface area contributed by atoms with Gasteiger partial charge in [0.05, 0.1) is 49.3 Å². The summed E-state index contributed by atoms with van der Waals surface area (Å²) in [6.45, 7) is 6.58. The van der Waals surface area contributed by atoms with Crippen LogP contribution in [0.15, 0.2) is 57.5 Å². The van der Waals surface area contributed by atoms with E-state index in [0.717, 1.165) is 12.8 Å². The Bertz CT molecular complexity index is 1590. The number of fused-ring (bicyclic) bond motifs is 1. The Balaban J connectivity index is 1.88. The SMILES string of the molecule is CCCCOc1ccc(C2C(C(=O)OC)=C(C)N=c3s/c(=C\c4ccc(O)c(OCC)c4)c(=O)n32)cc1OC. The van der Waals surface area contributed by atoms with Crippen molar-refractivity contribution in [1.29, 1.82) is 0 Å². The molecule has 1 aliphatic heterocycles. The largest absolute Gasteiger partial charge is 0.504 e. The van der Waals surface area contributed by atoms with E-state index in [0.29, 0.717) is 56.6 Å². The Kier molecular flexibility index (Phi) is 8.75. The summed E-state index contributed by atoms with van der Waals surface area (Å²) in [5, 5.41) is 10.1. The fourth-order valence-corrected chi connectivity index (χ4v) is 5.40. The lowest BCUT2D eigenvalue weighted by molar-refractivity contribution is -0.136. The topological polar surface area (TPSA) is 109 Å². The number of phenolic OH excluding ortho intramolecular Hbond substituents is 1. The third kappa shape index (κ3) is 5.70. The number of carbonyl (C=O) groups is 1. The summed E-state index contributed by atoms with van der Waals surface area (Å²) in [6.07, 6.45) is 3.62. The fourth-order valence-electron chi connectivity index (χ4n) is 4.35. The van der Waals surface area contributed by atoms with E-state index in [1.165, 1.54) is 29.1 Å². The van der Waals surface area contributed by atoms with Crippen molar-refractivity contribution < 1.29 is 28.8 Å². The van der Waals surface area contributed by atoms with E-state index in [1.807, 2.05) is 13.0 Å². The Morgan fingerprint density at radius 1 is 1.10 bits per heavy atom. The van der Waals surface area contributed by atoms with Gasteiger partial charge < -0.3 is 24.1 Å². The molecular formula is C29H32N2O7S. The van der Waals surface area contributed by atoms with Gasteiger partial charge in [0.25, 0.3) is 5.56 Å². The minimum Gasteiger partial charge on any atom is -0.504 e. The van der Waals surface area contributed by atoms with Gasteiger partial charge in [0.2, 0.25) is 0 Å². The Labute approximate surface area is 230 Å². The molecule has 0 spiro atoms. The van der Waals surface area contributed by atoms with E-state index in [4.69, 9.17) is 18.9 Å². The van der Waals surface area contributed by atoms with Crippen LogP contribution in [0.5, 0.6) is 23.0 Å². The first-order valence-corrected chi connectivity index (χ1v) is 13.5. The summed E-state index contributed by atoms with van der Waals surface area (Å²) in [5.74, 6) is 0.855. The van der Waals surface area contributed by atoms with E-state index in [-0.39, 0.29) is 16.9 Å². The van der Waals surface area contributed by atoms with Crippen LogP contribution >= 0.6 is 11.3 Å². The van der Waals surface area contributed by atoms with Gasteiger partial charge in [-0.15, -0.1) is 0 Å². The number of aromatic nitrogens is 1. The Morgan fingerprint density at radius 2 is 1.90 bits per heavy atom. The van der Waals surface area contributed by atoms with Crippen molar-refractivity contribution in [3.8, 4) is 23.0 Å².